The third kappa shape index (κ3) is 3.54. The van der Waals surface area contributed by atoms with Crippen LogP contribution in [0.4, 0.5) is 0 Å². The fourth-order valence-corrected chi connectivity index (χ4v) is 2.43. The van der Waals surface area contributed by atoms with Crippen LogP contribution in [0.2, 0.25) is 0 Å². The first-order chi connectivity index (χ1) is 9.58. The molecule has 1 heterocycles. The zero-order valence-corrected chi connectivity index (χ0v) is 12.2. The molecular weight excluding hydrogens is 250 g/mol. The van der Waals surface area contributed by atoms with E-state index >= 15 is 0 Å². The first-order valence-corrected chi connectivity index (χ1v) is 6.92. The largest absolute Gasteiger partial charge is 0.310 e. The zero-order chi connectivity index (χ0) is 14.5. The molecule has 0 aliphatic heterocycles. The summed E-state index contributed by atoms with van der Waals surface area (Å²) in [4.78, 5) is 19.1. The monoisotopic (exact) mass is 271 g/mol. The smallest absolute Gasteiger partial charge is 0.255 e. The van der Waals surface area contributed by atoms with E-state index in [1.54, 1.807) is 6.92 Å². The van der Waals surface area contributed by atoms with Crippen molar-refractivity contribution in [2.24, 2.45) is 0 Å². The van der Waals surface area contributed by atoms with Gasteiger partial charge in [0.15, 0.2) is 0 Å². The molecule has 0 fully saturated rings. The fraction of sp³-hybridized carbons (Fsp3) is 0.375. The van der Waals surface area contributed by atoms with E-state index in [0.717, 1.165) is 24.2 Å². The molecule has 1 aromatic heterocycles. The Hall–Kier alpha value is -1.94. The Balaban J connectivity index is 1.99. The van der Waals surface area contributed by atoms with Crippen molar-refractivity contribution in [3.63, 3.8) is 0 Å². The Morgan fingerprint density at radius 1 is 1.25 bits per heavy atom. The van der Waals surface area contributed by atoms with Gasteiger partial charge in [0.1, 0.15) is 5.82 Å². The zero-order valence-electron chi connectivity index (χ0n) is 12.2. The normalized spacial score (nSPS) is 12.3. The SMILES string of the molecule is Cc1nc(C)c(C(C)NCCc2ccccc2)c(=O)[nH]1. The van der Waals surface area contributed by atoms with Crippen molar-refractivity contribution in [1.29, 1.82) is 0 Å². The average molecular weight is 271 g/mol. The van der Waals surface area contributed by atoms with Gasteiger partial charge in [-0.3, -0.25) is 4.79 Å². The number of aromatic nitrogens is 2. The van der Waals surface area contributed by atoms with Crippen LogP contribution in [0.15, 0.2) is 35.1 Å². The van der Waals surface area contributed by atoms with E-state index in [9.17, 15) is 4.79 Å². The number of rotatable bonds is 5. The molecule has 106 valence electrons. The van der Waals surface area contributed by atoms with E-state index in [2.05, 4.69) is 27.4 Å². The van der Waals surface area contributed by atoms with Crippen LogP contribution >= 0.6 is 0 Å². The number of aryl methyl sites for hydroxylation is 2. The molecular formula is C16H21N3O. The summed E-state index contributed by atoms with van der Waals surface area (Å²) in [5, 5.41) is 3.39. The maximum Gasteiger partial charge on any atom is 0.255 e. The van der Waals surface area contributed by atoms with E-state index < -0.39 is 0 Å². The van der Waals surface area contributed by atoms with Gasteiger partial charge in [0.2, 0.25) is 0 Å². The van der Waals surface area contributed by atoms with Crippen LogP contribution < -0.4 is 10.9 Å². The summed E-state index contributed by atoms with van der Waals surface area (Å²) in [6, 6.07) is 10.3. The lowest BCUT2D eigenvalue weighted by atomic mass is 10.1. The number of H-pyrrole nitrogens is 1. The third-order valence-electron chi connectivity index (χ3n) is 3.40. The van der Waals surface area contributed by atoms with Crippen molar-refractivity contribution < 1.29 is 0 Å². The minimum Gasteiger partial charge on any atom is -0.310 e. The van der Waals surface area contributed by atoms with Gasteiger partial charge < -0.3 is 10.3 Å². The quantitative estimate of drug-likeness (QED) is 0.877. The van der Waals surface area contributed by atoms with Gasteiger partial charge in [0.05, 0.1) is 5.56 Å². The summed E-state index contributed by atoms with van der Waals surface area (Å²) in [5.74, 6) is 0.660. The topological polar surface area (TPSA) is 57.8 Å². The number of benzene rings is 1. The highest BCUT2D eigenvalue weighted by atomic mass is 16.1. The molecule has 0 saturated carbocycles. The first-order valence-electron chi connectivity index (χ1n) is 6.92. The number of hydrogen-bond acceptors (Lipinski definition) is 3. The standard InChI is InChI=1S/C16H21N3O/c1-11(15-12(2)18-13(3)19-16(15)20)17-10-9-14-7-5-4-6-8-14/h4-8,11,17H,9-10H2,1-3H3,(H,18,19,20). The molecule has 4 nitrogen and oxygen atoms in total. The van der Waals surface area contributed by atoms with Gasteiger partial charge in [-0.25, -0.2) is 4.98 Å². The predicted octanol–water partition coefficient (Wildman–Crippen LogP) is 2.28. The third-order valence-corrected chi connectivity index (χ3v) is 3.40. The van der Waals surface area contributed by atoms with Gasteiger partial charge in [-0.05, 0) is 39.3 Å². The van der Waals surface area contributed by atoms with E-state index in [-0.39, 0.29) is 11.6 Å². The second-order valence-electron chi connectivity index (χ2n) is 5.06. The second kappa shape index (κ2) is 6.48. The van der Waals surface area contributed by atoms with Crippen LogP contribution in [0.5, 0.6) is 0 Å². The van der Waals surface area contributed by atoms with Crippen LogP contribution in [0, 0.1) is 13.8 Å². The van der Waals surface area contributed by atoms with Crippen LogP contribution in [-0.4, -0.2) is 16.5 Å². The lowest BCUT2D eigenvalue weighted by Crippen LogP contribution is -2.29. The van der Waals surface area contributed by atoms with Crippen molar-refractivity contribution >= 4 is 0 Å². The van der Waals surface area contributed by atoms with Crippen molar-refractivity contribution in [2.45, 2.75) is 33.2 Å². The van der Waals surface area contributed by atoms with E-state index in [1.165, 1.54) is 5.56 Å². The highest BCUT2D eigenvalue weighted by molar-refractivity contribution is 5.20. The first kappa shape index (κ1) is 14.5. The Morgan fingerprint density at radius 2 is 1.95 bits per heavy atom. The average Bonchev–Trinajstić information content (AvgIpc) is 2.38. The van der Waals surface area contributed by atoms with Gasteiger partial charge in [-0.2, -0.15) is 0 Å². The lowest BCUT2D eigenvalue weighted by molar-refractivity contribution is 0.565. The molecule has 0 amide bonds. The van der Waals surface area contributed by atoms with Gasteiger partial charge in [-0.1, -0.05) is 30.3 Å². The molecule has 0 aliphatic rings. The molecule has 0 saturated heterocycles. The molecule has 1 unspecified atom stereocenters. The van der Waals surface area contributed by atoms with E-state index in [0.29, 0.717) is 5.82 Å². The van der Waals surface area contributed by atoms with Crippen LogP contribution in [0.3, 0.4) is 0 Å². The van der Waals surface area contributed by atoms with Crippen molar-refractivity contribution in [1.82, 2.24) is 15.3 Å². The van der Waals surface area contributed by atoms with Crippen molar-refractivity contribution in [2.75, 3.05) is 6.54 Å². The van der Waals surface area contributed by atoms with Crippen LogP contribution in [-0.2, 0) is 6.42 Å². The fourth-order valence-electron chi connectivity index (χ4n) is 2.43. The maximum absolute atomic E-state index is 12.0. The summed E-state index contributed by atoms with van der Waals surface area (Å²) < 4.78 is 0. The summed E-state index contributed by atoms with van der Waals surface area (Å²) in [6.07, 6.45) is 0.946. The molecule has 4 heteroatoms. The lowest BCUT2D eigenvalue weighted by Gasteiger charge is -2.15. The molecule has 0 aliphatic carbocycles. The summed E-state index contributed by atoms with van der Waals surface area (Å²) in [7, 11) is 0. The molecule has 2 N–H and O–H groups in total. The second-order valence-corrected chi connectivity index (χ2v) is 5.06. The van der Waals surface area contributed by atoms with E-state index in [4.69, 9.17) is 0 Å². The molecule has 1 atom stereocenters. The Labute approximate surface area is 119 Å². The minimum atomic E-state index is -0.0466. The van der Waals surface area contributed by atoms with Crippen molar-refractivity contribution in [3.8, 4) is 0 Å². The number of hydrogen-bond donors (Lipinski definition) is 2. The van der Waals surface area contributed by atoms with Gasteiger partial charge in [0, 0.05) is 11.7 Å². The van der Waals surface area contributed by atoms with Crippen molar-refractivity contribution in [3.05, 3.63) is 63.3 Å². The molecule has 20 heavy (non-hydrogen) atoms. The van der Waals surface area contributed by atoms with Gasteiger partial charge in [0.25, 0.3) is 5.56 Å². The summed E-state index contributed by atoms with van der Waals surface area (Å²) in [6.45, 7) is 6.51. The van der Waals surface area contributed by atoms with E-state index in [1.807, 2.05) is 32.0 Å². The predicted molar refractivity (Wildman–Crippen MR) is 80.9 cm³/mol. The molecule has 2 aromatic rings. The number of aromatic amines is 1. The molecule has 1 aromatic carbocycles. The van der Waals surface area contributed by atoms with Gasteiger partial charge in [-0.15, -0.1) is 0 Å². The maximum atomic E-state index is 12.0. The number of nitrogens with zero attached hydrogens (tertiary/aromatic N) is 1. The molecule has 0 radical (unpaired) electrons. The van der Waals surface area contributed by atoms with Crippen LogP contribution in [0.1, 0.15) is 35.6 Å². The Morgan fingerprint density at radius 3 is 2.60 bits per heavy atom. The summed E-state index contributed by atoms with van der Waals surface area (Å²) >= 11 is 0. The summed E-state index contributed by atoms with van der Waals surface area (Å²) in [5.41, 5.74) is 2.77. The molecule has 0 spiro atoms. The Bertz CT molecular complexity index is 619. The molecule has 0 bridgehead atoms. The molecule has 2 rings (SSSR count). The highest BCUT2D eigenvalue weighted by Gasteiger charge is 2.13. The Kier molecular flexibility index (Phi) is 4.69. The van der Waals surface area contributed by atoms with Crippen LogP contribution in [0.25, 0.3) is 0 Å². The van der Waals surface area contributed by atoms with Gasteiger partial charge >= 0.3 is 0 Å². The minimum absolute atomic E-state index is 0.00411. The number of nitrogens with one attached hydrogen (secondary N) is 2. The highest BCUT2D eigenvalue weighted by Crippen LogP contribution is 2.10.